The molecule has 0 aromatic heterocycles. The van der Waals surface area contributed by atoms with Gasteiger partial charge in [0.1, 0.15) is 0 Å². The van der Waals surface area contributed by atoms with E-state index < -0.39 is 5.97 Å². The minimum atomic E-state index is -0.743. The van der Waals surface area contributed by atoms with Gasteiger partial charge in [-0.2, -0.15) is 0 Å². The van der Waals surface area contributed by atoms with Gasteiger partial charge in [-0.15, -0.1) is 0 Å². The van der Waals surface area contributed by atoms with Gasteiger partial charge in [0.25, 0.3) is 0 Å². The quantitative estimate of drug-likeness (QED) is 0.652. The summed E-state index contributed by atoms with van der Waals surface area (Å²) >= 11 is 0. The summed E-state index contributed by atoms with van der Waals surface area (Å²) in [5, 5.41) is 8.73. The fourth-order valence-corrected chi connectivity index (χ4v) is 3.28. The van der Waals surface area contributed by atoms with Crippen LogP contribution in [0.25, 0.3) is 0 Å². The SMILES string of the molecule is CCC1=C(CC/C(C)=C/CC(=O)O)C(C)(C)CCCC1. The summed E-state index contributed by atoms with van der Waals surface area (Å²) < 4.78 is 0. The Bertz CT molecular complexity index is 400. The van der Waals surface area contributed by atoms with Gasteiger partial charge < -0.3 is 5.11 Å². The minimum Gasteiger partial charge on any atom is -0.481 e. The fraction of sp³-hybridized carbons (Fsp3) is 0.722. The van der Waals surface area contributed by atoms with Crippen LogP contribution in [0.2, 0.25) is 0 Å². The standard InChI is InChI=1S/C18H30O2/c1-5-15-8-6-7-13-18(3,4)16(15)11-9-14(2)10-12-17(19)20/h10H,5-9,11-13H2,1-4H3,(H,19,20)/b14-10+. The van der Waals surface area contributed by atoms with Crippen LogP contribution >= 0.6 is 0 Å². The molecule has 0 bridgehead atoms. The van der Waals surface area contributed by atoms with E-state index in [0.29, 0.717) is 5.41 Å². The molecule has 0 saturated heterocycles. The van der Waals surface area contributed by atoms with Crippen molar-refractivity contribution in [3.05, 3.63) is 22.8 Å². The summed E-state index contributed by atoms with van der Waals surface area (Å²) in [5.74, 6) is -0.743. The van der Waals surface area contributed by atoms with Crippen LogP contribution in [0.5, 0.6) is 0 Å². The zero-order valence-corrected chi connectivity index (χ0v) is 13.6. The third-order valence-corrected chi connectivity index (χ3v) is 4.60. The van der Waals surface area contributed by atoms with Crippen molar-refractivity contribution in [2.75, 3.05) is 0 Å². The molecular formula is C18H30O2. The third kappa shape index (κ3) is 5.15. The molecule has 0 aromatic rings. The molecule has 0 radical (unpaired) electrons. The summed E-state index contributed by atoms with van der Waals surface area (Å²) in [6, 6.07) is 0. The van der Waals surface area contributed by atoms with E-state index in [1.54, 1.807) is 11.1 Å². The Labute approximate surface area is 124 Å². The average molecular weight is 278 g/mol. The van der Waals surface area contributed by atoms with Crippen molar-refractivity contribution in [2.24, 2.45) is 5.41 Å². The Balaban J connectivity index is 2.77. The van der Waals surface area contributed by atoms with E-state index in [2.05, 4.69) is 27.7 Å². The molecule has 0 fully saturated rings. The van der Waals surface area contributed by atoms with Gasteiger partial charge in [0, 0.05) is 0 Å². The van der Waals surface area contributed by atoms with Crippen LogP contribution in [-0.2, 0) is 4.79 Å². The largest absolute Gasteiger partial charge is 0.481 e. The first-order valence-corrected chi connectivity index (χ1v) is 7.95. The minimum absolute atomic E-state index is 0.148. The average Bonchev–Trinajstić information content (AvgIpc) is 2.52. The van der Waals surface area contributed by atoms with E-state index in [-0.39, 0.29) is 6.42 Å². The highest BCUT2D eigenvalue weighted by atomic mass is 16.4. The second-order valence-corrected chi connectivity index (χ2v) is 6.67. The van der Waals surface area contributed by atoms with E-state index in [1.807, 2.05) is 6.08 Å². The fourth-order valence-electron chi connectivity index (χ4n) is 3.28. The number of carboxylic acid groups (broad SMARTS) is 1. The molecular weight excluding hydrogens is 248 g/mol. The molecule has 1 rings (SSSR count). The van der Waals surface area contributed by atoms with Crippen LogP contribution in [-0.4, -0.2) is 11.1 Å². The highest BCUT2D eigenvalue weighted by molar-refractivity contribution is 5.68. The summed E-state index contributed by atoms with van der Waals surface area (Å²) in [6.45, 7) is 9.07. The van der Waals surface area contributed by atoms with Crippen LogP contribution in [0.4, 0.5) is 0 Å². The predicted molar refractivity (Wildman–Crippen MR) is 84.8 cm³/mol. The molecule has 0 aliphatic heterocycles. The van der Waals surface area contributed by atoms with Gasteiger partial charge >= 0.3 is 5.97 Å². The van der Waals surface area contributed by atoms with Gasteiger partial charge in [-0.05, 0) is 50.9 Å². The second-order valence-electron chi connectivity index (χ2n) is 6.67. The molecule has 0 saturated carbocycles. The zero-order valence-electron chi connectivity index (χ0n) is 13.6. The first-order chi connectivity index (χ1) is 9.36. The molecule has 0 amide bonds. The summed E-state index contributed by atoms with van der Waals surface area (Å²) in [5.41, 5.74) is 4.81. The zero-order chi connectivity index (χ0) is 15.2. The van der Waals surface area contributed by atoms with Crippen LogP contribution in [0.1, 0.15) is 79.1 Å². The Morgan fingerprint density at radius 3 is 2.65 bits per heavy atom. The van der Waals surface area contributed by atoms with Crippen LogP contribution < -0.4 is 0 Å². The maximum Gasteiger partial charge on any atom is 0.307 e. The lowest BCUT2D eigenvalue weighted by Crippen LogP contribution is -2.15. The normalized spacial score (nSPS) is 19.9. The van der Waals surface area contributed by atoms with Crippen LogP contribution in [0.3, 0.4) is 0 Å². The summed E-state index contributed by atoms with van der Waals surface area (Å²) in [4.78, 5) is 10.6. The first-order valence-electron chi connectivity index (χ1n) is 7.95. The Kier molecular flexibility index (Phi) is 6.51. The third-order valence-electron chi connectivity index (χ3n) is 4.60. The van der Waals surface area contributed by atoms with Gasteiger partial charge in [0.15, 0.2) is 0 Å². The highest BCUT2D eigenvalue weighted by Crippen LogP contribution is 2.42. The molecule has 0 unspecified atom stereocenters. The van der Waals surface area contributed by atoms with Gasteiger partial charge in [-0.3, -0.25) is 4.79 Å². The summed E-state index contributed by atoms with van der Waals surface area (Å²) in [7, 11) is 0. The monoisotopic (exact) mass is 278 g/mol. The van der Waals surface area contributed by atoms with E-state index in [0.717, 1.165) is 19.3 Å². The lowest BCUT2D eigenvalue weighted by molar-refractivity contribution is -0.136. The van der Waals surface area contributed by atoms with E-state index in [4.69, 9.17) is 5.11 Å². The smallest absolute Gasteiger partial charge is 0.307 e. The van der Waals surface area contributed by atoms with Crippen molar-refractivity contribution in [3.8, 4) is 0 Å². The second kappa shape index (κ2) is 7.66. The molecule has 2 heteroatoms. The van der Waals surface area contributed by atoms with Crippen molar-refractivity contribution in [1.29, 1.82) is 0 Å². The molecule has 1 aliphatic rings. The van der Waals surface area contributed by atoms with Crippen LogP contribution in [0.15, 0.2) is 22.8 Å². The van der Waals surface area contributed by atoms with Gasteiger partial charge in [-0.25, -0.2) is 0 Å². The molecule has 0 heterocycles. The van der Waals surface area contributed by atoms with E-state index >= 15 is 0 Å². The number of carboxylic acids is 1. The molecule has 0 aromatic carbocycles. The van der Waals surface area contributed by atoms with Gasteiger partial charge in [0.2, 0.25) is 0 Å². The van der Waals surface area contributed by atoms with E-state index in [9.17, 15) is 4.79 Å². The molecule has 0 atom stereocenters. The number of hydrogen-bond acceptors (Lipinski definition) is 1. The number of carbonyl (C=O) groups is 1. The lowest BCUT2D eigenvalue weighted by Gasteiger charge is -2.29. The summed E-state index contributed by atoms with van der Waals surface area (Å²) in [6.07, 6.45) is 10.5. The lowest BCUT2D eigenvalue weighted by atomic mass is 9.76. The molecule has 2 nitrogen and oxygen atoms in total. The van der Waals surface area contributed by atoms with Crippen molar-refractivity contribution in [1.82, 2.24) is 0 Å². The molecule has 114 valence electrons. The highest BCUT2D eigenvalue weighted by Gasteiger charge is 2.27. The molecule has 20 heavy (non-hydrogen) atoms. The van der Waals surface area contributed by atoms with Crippen LogP contribution in [0, 0.1) is 5.41 Å². The predicted octanol–water partition coefficient (Wildman–Crippen LogP) is 5.49. The molecule has 1 N–H and O–H groups in total. The van der Waals surface area contributed by atoms with Gasteiger partial charge in [-0.1, -0.05) is 50.0 Å². The maximum atomic E-state index is 10.6. The van der Waals surface area contributed by atoms with Crippen molar-refractivity contribution in [3.63, 3.8) is 0 Å². The first kappa shape index (κ1) is 17.0. The molecule has 0 spiro atoms. The topological polar surface area (TPSA) is 37.3 Å². The van der Waals surface area contributed by atoms with Crippen molar-refractivity contribution >= 4 is 5.97 Å². The number of aliphatic carboxylic acids is 1. The number of hydrogen-bond donors (Lipinski definition) is 1. The Morgan fingerprint density at radius 1 is 1.35 bits per heavy atom. The van der Waals surface area contributed by atoms with E-state index in [1.165, 1.54) is 31.3 Å². The number of allylic oxidation sites excluding steroid dienone is 3. The van der Waals surface area contributed by atoms with Gasteiger partial charge in [0.05, 0.1) is 6.42 Å². The van der Waals surface area contributed by atoms with Crippen molar-refractivity contribution in [2.45, 2.75) is 79.1 Å². The maximum absolute atomic E-state index is 10.6. The van der Waals surface area contributed by atoms with Crippen molar-refractivity contribution < 1.29 is 9.90 Å². The molecule has 1 aliphatic carbocycles. The number of rotatable bonds is 6. The Hall–Kier alpha value is -1.05. The Morgan fingerprint density at radius 2 is 2.05 bits per heavy atom.